The normalized spacial score (nSPS) is 10.2. The zero-order valence-corrected chi connectivity index (χ0v) is 14.3. The molecule has 0 unspecified atom stereocenters. The van der Waals surface area contributed by atoms with E-state index in [0.717, 1.165) is 11.3 Å². The first-order valence-electron chi connectivity index (χ1n) is 7.77. The number of carbonyl (C=O) groups is 3. The summed E-state index contributed by atoms with van der Waals surface area (Å²) >= 11 is 0. The number of rotatable bonds is 8. The fraction of sp³-hybridized carbons (Fsp3) is 0.471. The van der Waals surface area contributed by atoms with Crippen LogP contribution in [0.15, 0.2) is 24.3 Å². The Morgan fingerprint density at radius 3 is 2.38 bits per heavy atom. The molecule has 1 aromatic rings. The first-order chi connectivity index (χ1) is 11.4. The van der Waals surface area contributed by atoms with Crippen LogP contribution in [-0.4, -0.2) is 38.2 Å². The van der Waals surface area contributed by atoms with Crippen molar-refractivity contribution in [2.75, 3.05) is 20.3 Å². The number of aryl methyl sites for hydroxylation is 1. The van der Waals surface area contributed by atoms with E-state index in [1.54, 1.807) is 7.11 Å². The predicted octanol–water partition coefficient (Wildman–Crippen LogP) is 1.65. The Balaban J connectivity index is 2.22. The molecular formula is C17H24N2O5. The third kappa shape index (κ3) is 8.17. The molecule has 0 aliphatic rings. The Hall–Kier alpha value is -2.57. The van der Waals surface area contributed by atoms with Crippen molar-refractivity contribution < 1.29 is 23.9 Å². The number of imide groups is 1. The molecule has 7 nitrogen and oxygen atoms in total. The first kappa shape index (κ1) is 19.5. The summed E-state index contributed by atoms with van der Waals surface area (Å²) in [4.78, 5) is 34.5. The summed E-state index contributed by atoms with van der Waals surface area (Å²) in [6, 6.07) is 6.74. The minimum atomic E-state index is -0.658. The molecule has 2 N–H and O–H groups in total. The van der Waals surface area contributed by atoms with E-state index in [2.05, 4.69) is 10.6 Å². The zero-order valence-electron chi connectivity index (χ0n) is 14.3. The molecule has 1 rings (SSSR count). The molecule has 0 saturated carbocycles. The molecule has 132 valence electrons. The third-order valence-electron chi connectivity index (χ3n) is 3.06. The van der Waals surface area contributed by atoms with Crippen molar-refractivity contribution in [2.24, 2.45) is 5.92 Å². The van der Waals surface area contributed by atoms with E-state index in [1.807, 2.05) is 38.1 Å². The van der Waals surface area contributed by atoms with Crippen LogP contribution >= 0.6 is 0 Å². The number of methoxy groups -OCH3 is 1. The van der Waals surface area contributed by atoms with Gasteiger partial charge in [0.2, 0.25) is 0 Å². The van der Waals surface area contributed by atoms with Crippen molar-refractivity contribution in [1.82, 2.24) is 10.6 Å². The summed E-state index contributed by atoms with van der Waals surface area (Å²) in [5, 5.41) is 4.63. The number of carbonyl (C=O) groups excluding carboxylic acids is 3. The average molecular weight is 336 g/mol. The van der Waals surface area contributed by atoms with Crippen LogP contribution in [0, 0.1) is 5.92 Å². The van der Waals surface area contributed by atoms with E-state index in [9.17, 15) is 14.4 Å². The van der Waals surface area contributed by atoms with Gasteiger partial charge in [-0.25, -0.2) is 4.79 Å². The van der Waals surface area contributed by atoms with E-state index in [1.165, 1.54) is 0 Å². The van der Waals surface area contributed by atoms with E-state index < -0.39 is 24.5 Å². The second-order valence-electron chi connectivity index (χ2n) is 5.66. The molecule has 24 heavy (non-hydrogen) atoms. The summed E-state index contributed by atoms with van der Waals surface area (Å²) < 4.78 is 9.89. The van der Waals surface area contributed by atoms with Gasteiger partial charge in [-0.1, -0.05) is 26.0 Å². The first-order valence-corrected chi connectivity index (χ1v) is 7.77. The van der Waals surface area contributed by atoms with E-state index in [-0.39, 0.29) is 12.3 Å². The van der Waals surface area contributed by atoms with Crippen molar-refractivity contribution in [3.05, 3.63) is 29.8 Å². The molecule has 0 bridgehead atoms. The molecule has 3 amide bonds. The van der Waals surface area contributed by atoms with Gasteiger partial charge in [0.05, 0.1) is 7.11 Å². The number of esters is 1. The number of benzene rings is 1. The second-order valence-corrected chi connectivity index (χ2v) is 5.66. The molecule has 0 radical (unpaired) electrons. The van der Waals surface area contributed by atoms with Crippen molar-refractivity contribution in [3.8, 4) is 5.75 Å². The number of urea groups is 1. The molecular weight excluding hydrogens is 312 g/mol. The number of hydrogen-bond acceptors (Lipinski definition) is 5. The highest BCUT2D eigenvalue weighted by Gasteiger charge is 2.11. The summed E-state index contributed by atoms with van der Waals surface area (Å²) in [6.07, 6.45) is 0.651. The van der Waals surface area contributed by atoms with Crippen LogP contribution < -0.4 is 15.4 Å². The lowest BCUT2D eigenvalue weighted by Gasteiger charge is -2.09. The fourth-order valence-corrected chi connectivity index (χ4v) is 1.76. The van der Waals surface area contributed by atoms with Crippen LogP contribution in [-0.2, 0) is 20.7 Å². The molecule has 1 aromatic carbocycles. The Morgan fingerprint density at radius 1 is 1.12 bits per heavy atom. The lowest BCUT2D eigenvalue weighted by molar-refractivity contribution is -0.148. The molecule has 0 fully saturated rings. The summed E-state index contributed by atoms with van der Waals surface area (Å²) in [5.41, 5.74) is 0.963. The lowest BCUT2D eigenvalue weighted by Crippen LogP contribution is -2.42. The zero-order chi connectivity index (χ0) is 17.9. The van der Waals surface area contributed by atoms with Crippen LogP contribution in [0.5, 0.6) is 5.75 Å². The molecule has 0 saturated heterocycles. The maximum Gasteiger partial charge on any atom is 0.321 e. The molecule has 7 heteroatoms. The van der Waals surface area contributed by atoms with Gasteiger partial charge >= 0.3 is 12.0 Å². The Morgan fingerprint density at radius 2 is 1.79 bits per heavy atom. The van der Waals surface area contributed by atoms with E-state index in [4.69, 9.17) is 9.47 Å². The minimum Gasteiger partial charge on any atom is -0.497 e. The van der Waals surface area contributed by atoms with Crippen molar-refractivity contribution in [1.29, 1.82) is 0 Å². The smallest absolute Gasteiger partial charge is 0.321 e. The molecule has 0 aliphatic heterocycles. The predicted molar refractivity (Wildman–Crippen MR) is 88.7 cm³/mol. The molecule has 0 atom stereocenters. The Kier molecular flexibility index (Phi) is 8.32. The van der Waals surface area contributed by atoms with Gasteiger partial charge in [-0.05, 0) is 30.0 Å². The van der Waals surface area contributed by atoms with Gasteiger partial charge in [-0.3, -0.25) is 14.9 Å². The lowest BCUT2D eigenvalue weighted by atomic mass is 10.1. The highest BCUT2D eigenvalue weighted by molar-refractivity contribution is 5.95. The molecule has 0 heterocycles. The largest absolute Gasteiger partial charge is 0.497 e. The molecule has 0 spiro atoms. The monoisotopic (exact) mass is 336 g/mol. The maximum absolute atomic E-state index is 11.6. The fourth-order valence-electron chi connectivity index (χ4n) is 1.76. The summed E-state index contributed by atoms with van der Waals surface area (Å²) in [7, 11) is 1.58. The minimum absolute atomic E-state index is 0.152. The number of ether oxygens (including phenoxy) is 2. The van der Waals surface area contributed by atoms with E-state index in [0.29, 0.717) is 13.0 Å². The van der Waals surface area contributed by atoms with Crippen molar-refractivity contribution in [2.45, 2.75) is 26.7 Å². The summed E-state index contributed by atoms with van der Waals surface area (Å²) in [5.74, 6) is -0.131. The quantitative estimate of drug-likeness (QED) is 0.704. The Labute approximate surface area is 141 Å². The van der Waals surface area contributed by atoms with Gasteiger partial charge in [-0.2, -0.15) is 0 Å². The number of nitrogens with one attached hydrogen (secondary N) is 2. The van der Waals surface area contributed by atoms with Crippen molar-refractivity contribution in [3.63, 3.8) is 0 Å². The molecule has 0 aliphatic carbocycles. The highest BCUT2D eigenvalue weighted by atomic mass is 16.5. The van der Waals surface area contributed by atoms with Gasteiger partial charge in [-0.15, -0.1) is 0 Å². The highest BCUT2D eigenvalue weighted by Crippen LogP contribution is 2.12. The maximum atomic E-state index is 11.6. The van der Waals surface area contributed by atoms with Gasteiger partial charge in [0.1, 0.15) is 5.75 Å². The van der Waals surface area contributed by atoms with E-state index >= 15 is 0 Å². The topological polar surface area (TPSA) is 93.7 Å². The van der Waals surface area contributed by atoms with Gasteiger partial charge in [0.25, 0.3) is 5.91 Å². The Bertz CT molecular complexity index is 555. The molecule has 0 aromatic heterocycles. The second kappa shape index (κ2) is 10.3. The average Bonchev–Trinajstić information content (AvgIpc) is 2.56. The van der Waals surface area contributed by atoms with Crippen LogP contribution in [0.4, 0.5) is 4.79 Å². The number of hydrogen-bond donors (Lipinski definition) is 2. The van der Waals surface area contributed by atoms with Gasteiger partial charge in [0.15, 0.2) is 6.61 Å². The van der Waals surface area contributed by atoms with Crippen LogP contribution in [0.1, 0.15) is 25.8 Å². The van der Waals surface area contributed by atoms with Crippen molar-refractivity contribution >= 4 is 17.9 Å². The van der Waals surface area contributed by atoms with Gasteiger partial charge in [0, 0.05) is 13.0 Å². The van der Waals surface area contributed by atoms with Crippen LogP contribution in [0.2, 0.25) is 0 Å². The number of amides is 3. The van der Waals surface area contributed by atoms with Crippen LogP contribution in [0.3, 0.4) is 0 Å². The SMILES string of the molecule is COc1ccc(CCC(=O)OCC(=O)NC(=O)NCC(C)C)cc1. The summed E-state index contributed by atoms with van der Waals surface area (Å²) in [6.45, 7) is 3.86. The third-order valence-corrected chi connectivity index (χ3v) is 3.06. The van der Waals surface area contributed by atoms with Crippen LogP contribution in [0.25, 0.3) is 0 Å². The van der Waals surface area contributed by atoms with Gasteiger partial charge < -0.3 is 14.8 Å². The standard InChI is InChI=1S/C17H24N2O5/c1-12(2)10-18-17(22)19-15(20)11-24-16(21)9-6-13-4-7-14(23-3)8-5-13/h4-5,7-8,12H,6,9-11H2,1-3H3,(H2,18,19,20,22).